The van der Waals surface area contributed by atoms with Gasteiger partial charge in [-0.1, -0.05) is 36.4 Å². The molecule has 4 heteroatoms. The fourth-order valence-electron chi connectivity index (χ4n) is 2.77. The summed E-state index contributed by atoms with van der Waals surface area (Å²) in [7, 11) is 1.87. The smallest absolute Gasteiger partial charge is 0.187 e. The van der Waals surface area contributed by atoms with Gasteiger partial charge in [0.05, 0.1) is 0 Å². The molecule has 0 unspecified atom stereocenters. The molecule has 1 fully saturated rings. The van der Waals surface area contributed by atoms with E-state index in [1.54, 1.807) is 48.6 Å². The summed E-state index contributed by atoms with van der Waals surface area (Å²) in [5.41, 5.74) is 1.75. The molecule has 3 rings (SSSR count). The zero-order valence-electron chi connectivity index (χ0n) is 13.3. The van der Waals surface area contributed by atoms with Gasteiger partial charge < -0.3 is 0 Å². The molecule has 2 aromatic rings. The van der Waals surface area contributed by atoms with E-state index in [9.17, 15) is 13.6 Å². The Kier molecular flexibility index (Phi) is 4.67. The van der Waals surface area contributed by atoms with Crippen LogP contribution in [0.15, 0.2) is 59.7 Å². The lowest BCUT2D eigenvalue weighted by molar-refractivity contribution is -0.113. The fourth-order valence-corrected chi connectivity index (χ4v) is 2.77. The van der Waals surface area contributed by atoms with Gasteiger partial charge in [0.15, 0.2) is 5.78 Å². The monoisotopic (exact) mass is 325 g/mol. The molecule has 0 atom stereocenters. The first kappa shape index (κ1) is 16.3. The van der Waals surface area contributed by atoms with Crippen LogP contribution in [0.25, 0.3) is 12.2 Å². The summed E-state index contributed by atoms with van der Waals surface area (Å²) >= 11 is 0. The molecule has 0 amide bonds. The van der Waals surface area contributed by atoms with Gasteiger partial charge in [0, 0.05) is 35.4 Å². The molecule has 122 valence electrons. The first-order valence-electron chi connectivity index (χ1n) is 7.68. The normalized spacial score (nSPS) is 19.2. The van der Waals surface area contributed by atoms with Crippen LogP contribution < -0.4 is 0 Å². The minimum Gasteiger partial charge on any atom is -0.298 e. The molecule has 0 N–H and O–H groups in total. The van der Waals surface area contributed by atoms with Crippen LogP contribution in [0.3, 0.4) is 0 Å². The third-order valence-electron chi connectivity index (χ3n) is 3.93. The van der Waals surface area contributed by atoms with E-state index < -0.39 is 0 Å². The summed E-state index contributed by atoms with van der Waals surface area (Å²) in [6.45, 7) is 0.865. The average Bonchev–Trinajstić information content (AvgIpc) is 2.56. The number of hydrogen-bond acceptors (Lipinski definition) is 2. The number of hydrogen-bond donors (Lipinski definition) is 0. The largest absolute Gasteiger partial charge is 0.298 e. The number of Topliss-reactive ketones (excluding diaryl/α,β-unsaturated/α-hetero) is 1. The Morgan fingerprint density at radius 3 is 1.67 bits per heavy atom. The number of likely N-dealkylation sites (N-methyl/N-ethyl adjacent to an activating group) is 1. The average molecular weight is 325 g/mol. The van der Waals surface area contributed by atoms with Crippen LogP contribution in [0.2, 0.25) is 0 Å². The fraction of sp³-hybridized carbons (Fsp3) is 0.150. The number of rotatable bonds is 2. The second kappa shape index (κ2) is 6.89. The van der Waals surface area contributed by atoms with Crippen LogP contribution >= 0.6 is 0 Å². The van der Waals surface area contributed by atoms with Gasteiger partial charge in [0.2, 0.25) is 0 Å². The lowest BCUT2D eigenvalue weighted by atomic mass is 9.94. The van der Waals surface area contributed by atoms with Crippen molar-refractivity contribution in [1.29, 1.82) is 0 Å². The lowest BCUT2D eigenvalue weighted by Crippen LogP contribution is -2.34. The number of ketones is 1. The van der Waals surface area contributed by atoms with Crippen molar-refractivity contribution in [1.82, 2.24) is 4.90 Å². The van der Waals surface area contributed by atoms with E-state index in [-0.39, 0.29) is 17.4 Å². The van der Waals surface area contributed by atoms with E-state index >= 15 is 0 Å². The predicted molar refractivity (Wildman–Crippen MR) is 91.3 cm³/mol. The third kappa shape index (κ3) is 3.49. The lowest BCUT2D eigenvalue weighted by Gasteiger charge is -2.26. The quantitative estimate of drug-likeness (QED) is 0.779. The van der Waals surface area contributed by atoms with Crippen LogP contribution in [-0.2, 0) is 4.79 Å². The van der Waals surface area contributed by atoms with Crippen LogP contribution in [0.4, 0.5) is 8.78 Å². The van der Waals surface area contributed by atoms with E-state index in [0.29, 0.717) is 35.4 Å². The SMILES string of the molecule is CN1CC(=Cc2ccccc2F)C(=O)/C(=C/c2ccccc2F)C1. The van der Waals surface area contributed by atoms with Crippen molar-refractivity contribution in [2.75, 3.05) is 20.1 Å². The van der Waals surface area contributed by atoms with Gasteiger partial charge in [-0.25, -0.2) is 8.78 Å². The van der Waals surface area contributed by atoms with Crippen molar-refractivity contribution in [3.8, 4) is 0 Å². The van der Waals surface area contributed by atoms with Gasteiger partial charge in [0.25, 0.3) is 0 Å². The van der Waals surface area contributed by atoms with E-state index in [2.05, 4.69) is 0 Å². The Hall–Kier alpha value is -2.59. The van der Waals surface area contributed by atoms with Gasteiger partial charge in [0.1, 0.15) is 11.6 Å². The number of carbonyl (C=O) groups excluding carboxylic acids is 1. The molecule has 1 heterocycles. The summed E-state index contributed by atoms with van der Waals surface area (Å²) in [4.78, 5) is 14.6. The second-order valence-corrected chi connectivity index (χ2v) is 5.88. The van der Waals surface area contributed by atoms with Crippen LogP contribution in [0.5, 0.6) is 0 Å². The van der Waals surface area contributed by atoms with E-state index in [4.69, 9.17) is 0 Å². The number of likely N-dealkylation sites (tertiary alicyclic amines) is 1. The summed E-state index contributed by atoms with van der Waals surface area (Å²) in [6, 6.07) is 12.6. The molecule has 0 spiro atoms. The molecule has 0 aliphatic carbocycles. The standard InChI is InChI=1S/C20H17F2NO/c1-23-12-16(10-14-6-2-4-8-18(14)21)20(24)17(13-23)11-15-7-3-5-9-19(15)22/h2-11H,12-13H2,1H3/b16-10+,17-11?. The Morgan fingerprint density at radius 2 is 1.25 bits per heavy atom. The highest BCUT2D eigenvalue weighted by Gasteiger charge is 2.24. The van der Waals surface area contributed by atoms with Crippen molar-refractivity contribution < 1.29 is 13.6 Å². The number of nitrogens with zero attached hydrogens (tertiary/aromatic N) is 1. The van der Waals surface area contributed by atoms with Crippen LogP contribution in [0.1, 0.15) is 11.1 Å². The van der Waals surface area contributed by atoms with Gasteiger partial charge in [-0.05, 0) is 31.3 Å². The zero-order valence-corrected chi connectivity index (χ0v) is 13.3. The molecule has 0 saturated carbocycles. The van der Waals surface area contributed by atoms with Gasteiger partial charge >= 0.3 is 0 Å². The Labute approximate surface area is 139 Å². The third-order valence-corrected chi connectivity index (χ3v) is 3.93. The molecule has 0 radical (unpaired) electrons. The summed E-state index contributed by atoms with van der Waals surface area (Å²) < 4.78 is 27.7. The number of carbonyl (C=O) groups is 1. The van der Waals surface area contributed by atoms with Crippen molar-refractivity contribution in [2.45, 2.75) is 0 Å². The number of benzene rings is 2. The first-order valence-corrected chi connectivity index (χ1v) is 7.68. The zero-order chi connectivity index (χ0) is 17.1. The van der Waals surface area contributed by atoms with Crippen molar-refractivity contribution in [3.63, 3.8) is 0 Å². The maximum Gasteiger partial charge on any atom is 0.187 e. The summed E-state index contributed by atoms with van der Waals surface area (Å²) in [5.74, 6) is -0.907. The van der Waals surface area contributed by atoms with Crippen molar-refractivity contribution >= 4 is 17.9 Å². The highest BCUT2D eigenvalue weighted by molar-refractivity contribution is 6.14. The minimum atomic E-state index is -0.370. The Balaban J connectivity index is 1.98. The second-order valence-electron chi connectivity index (χ2n) is 5.88. The van der Waals surface area contributed by atoms with E-state index in [1.807, 2.05) is 11.9 Å². The summed E-state index contributed by atoms with van der Waals surface area (Å²) in [6.07, 6.45) is 3.14. The molecule has 0 bridgehead atoms. The topological polar surface area (TPSA) is 20.3 Å². The maximum atomic E-state index is 13.8. The highest BCUT2D eigenvalue weighted by Crippen LogP contribution is 2.22. The maximum absolute atomic E-state index is 13.8. The molecule has 0 aromatic heterocycles. The van der Waals surface area contributed by atoms with Crippen LogP contribution in [-0.4, -0.2) is 30.8 Å². The molecular weight excluding hydrogens is 308 g/mol. The molecule has 2 nitrogen and oxygen atoms in total. The minimum absolute atomic E-state index is 0.167. The molecule has 1 aliphatic heterocycles. The Bertz CT molecular complexity index is 772. The molecule has 1 saturated heterocycles. The van der Waals surface area contributed by atoms with E-state index in [1.165, 1.54) is 12.1 Å². The van der Waals surface area contributed by atoms with Gasteiger partial charge in [-0.3, -0.25) is 9.69 Å². The van der Waals surface area contributed by atoms with Crippen LogP contribution in [0, 0.1) is 11.6 Å². The van der Waals surface area contributed by atoms with E-state index in [0.717, 1.165) is 0 Å². The number of halogens is 2. The molecular formula is C20H17F2NO. The highest BCUT2D eigenvalue weighted by atomic mass is 19.1. The van der Waals surface area contributed by atoms with Crippen molar-refractivity contribution in [2.24, 2.45) is 0 Å². The number of piperidine rings is 1. The predicted octanol–water partition coefficient (Wildman–Crippen LogP) is 3.95. The molecule has 24 heavy (non-hydrogen) atoms. The van der Waals surface area contributed by atoms with Gasteiger partial charge in [-0.2, -0.15) is 0 Å². The van der Waals surface area contributed by atoms with Gasteiger partial charge in [-0.15, -0.1) is 0 Å². The Morgan fingerprint density at radius 1 is 0.833 bits per heavy atom. The molecule has 2 aromatic carbocycles. The molecule has 1 aliphatic rings. The summed E-state index contributed by atoms with van der Waals surface area (Å²) in [5, 5.41) is 0. The van der Waals surface area contributed by atoms with Crippen molar-refractivity contribution in [3.05, 3.63) is 82.4 Å². The first-order chi connectivity index (χ1) is 11.5.